The summed E-state index contributed by atoms with van der Waals surface area (Å²) in [5, 5.41) is 12.9. The smallest absolute Gasteiger partial charge is 0.274 e. The van der Waals surface area contributed by atoms with Crippen molar-refractivity contribution in [1.82, 2.24) is 14.8 Å². The predicted molar refractivity (Wildman–Crippen MR) is 110 cm³/mol. The highest BCUT2D eigenvalue weighted by Crippen LogP contribution is 2.41. The number of carbonyl (C=O) groups excluding carboxylic acids is 2. The van der Waals surface area contributed by atoms with Gasteiger partial charge in [0, 0.05) is 32.0 Å². The maximum atomic E-state index is 14.1. The van der Waals surface area contributed by atoms with Crippen LogP contribution in [0.3, 0.4) is 0 Å². The fraction of sp³-hybridized carbons (Fsp3) is 0.409. The zero-order valence-electron chi connectivity index (χ0n) is 17.9. The third-order valence-electron chi connectivity index (χ3n) is 6.42. The molecule has 1 fully saturated rings. The molecule has 4 rings (SSSR count). The number of aromatic hydroxyl groups is 1. The first-order chi connectivity index (χ1) is 15.1. The van der Waals surface area contributed by atoms with Crippen molar-refractivity contribution in [2.45, 2.75) is 38.4 Å². The van der Waals surface area contributed by atoms with Crippen molar-refractivity contribution in [3.05, 3.63) is 62.6 Å². The minimum Gasteiger partial charge on any atom is -0.503 e. The van der Waals surface area contributed by atoms with Gasteiger partial charge in [-0.25, -0.2) is 8.78 Å². The van der Waals surface area contributed by atoms with Crippen LogP contribution in [0.4, 0.5) is 8.78 Å². The molecular formula is C22H23F2N3O5. The van der Waals surface area contributed by atoms with Crippen LogP contribution in [0, 0.1) is 18.6 Å². The largest absolute Gasteiger partial charge is 0.503 e. The van der Waals surface area contributed by atoms with Crippen molar-refractivity contribution < 1.29 is 28.2 Å². The standard InChI is InChI=1S/C22H23F2N3O5/c1-11-6-14(23)12(15(24)7-11)8-25-20(30)13-9-27-16-4-5-32-10-22(16,2)26(3)21(31)17(27)19(29)18(13)28/h6-7,9,16,29H,4-5,8,10H2,1-3H3,(H,25,30)/t16-,22+/m0/s1. The van der Waals surface area contributed by atoms with E-state index in [0.29, 0.717) is 18.6 Å². The first-order valence-corrected chi connectivity index (χ1v) is 10.1. The molecule has 32 heavy (non-hydrogen) atoms. The molecule has 2 atom stereocenters. The molecular weight excluding hydrogens is 424 g/mol. The summed E-state index contributed by atoms with van der Waals surface area (Å²) in [5.74, 6) is -3.96. The van der Waals surface area contributed by atoms with Crippen LogP contribution >= 0.6 is 0 Å². The topological polar surface area (TPSA) is 101 Å². The first-order valence-electron chi connectivity index (χ1n) is 10.1. The Hall–Kier alpha value is -3.27. The fourth-order valence-electron chi connectivity index (χ4n) is 4.43. The summed E-state index contributed by atoms with van der Waals surface area (Å²) >= 11 is 0. The van der Waals surface area contributed by atoms with Crippen molar-refractivity contribution in [2.75, 3.05) is 20.3 Å². The van der Waals surface area contributed by atoms with Crippen molar-refractivity contribution in [3.8, 4) is 5.75 Å². The van der Waals surface area contributed by atoms with E-state index in [4.69, 9.17) is 4.74 Å². The van der Waals surface area contributed by atoms with Crippen molar-refractivity contribution in [2.24, 2.45) is 0 Å². The van der Waals surface area contributed by atoms with Gasteiger partial charge in [0.2, 0.25) is 5.43 Å². The molecule has 2 aromatic rings. The summed E-state index contributed by atoms with van der Waals surface area (Å²) in [6, 6.07) is 1.93. The average Bonchev–Trinajstić information content (AvgIpc) is 2.73. The first kappa shape index (κ1) is 21.9. The zero-order valence-corrected chi connectivity index (χ0v) is 17.9. The van der Waals surface area contributed by atoms with Crippen LogP contribution in [0.25, 0.3) is 0 Å². The Kier molecular flexibility index (Phi) is 5.28. The van der Waals surface area contributed by atoms with Gasteiger partial charge in [0.1, 0.15) is 17.2 Å². The van der Waals surface area contributed by atoms with Gasteiger partial charge in [-0.1, -0.05) is 0 Å². The van der Waals surface area contributed by atoms with E-state index < -0.39 is 52.3 Å². The van der Waals surface area contributed by atoms with E-state index >= 15 is 0 Å². The highest BCUT2D eigenvalue weighted by atomic mass is 19.1. The molecule has 0 aliphatic carbocycles. The molecule has 10 heteroatoms. The van der Waals surface area contributed by atoms with Gasteiger partial charge in [0.25, 0.3) is 11.8 Å². The number of halogens is 2. The average molecular weight is 447 g/mol. The number of fused-ring (bicyclic) bond motifs is 3. The number of nitrogens with one attached hydrogen (secondary N) is 1. The quantitative estimate of drug-likeness (QED) is 0.748. The Balaban J connectivity index is 1.72. The number of nitrogens with zero attached hydrogens (tertiary/aromatic N) is 2. The fourth-order valence-corrected chi connectivity index (χ4v) is 4.43. The van der Waals surface area contributed by atoms with Crippen molar-refractivity contribution in [1.29, 1.82) is 0 Å². The van der Waals surface area contributed by atoms with Gasteiger partial charge in [0.15, 0.2) is 11.4 Å². The van der Waals surface area contributed by atoms with E-state index in [0.717, 1.165) is 12.1 Å². The number of hydrogen-bond acceptors (Lipinski definition) is 5. The number of ether oxygens (including phenoxy) is 1. The van der Waals surface area contributed by atoms with Crippen LogP contribution in [0.2, 0.25) is 0 Å². The summed E-state index contributed by atoms with van der Waals surface area (Å²) in [5.41, 5.74) is -2.36. The lowest BCUT2D eigenvalue weighted by Gasteiger charge is -2.51. The minimum atomic E-state index is -1.03. The van der Waals surface area contributed by atoms with Gasteiger partial charge >= 0.3 is 0 Å². The van der Waals surface area contributed by atoms with E-state index in [1.807, 2.05) is 6.92 Å². The van der Waals surface area contributed by atoms with E-state index in [2.05, 4.69) is 5.32 Å². The summed E-state index contributed by atoms with van der Waals surface area (Å²) < 4.78 is 35.2. The molecule has 0 spiro atoms. The van der Waals surface area contributed by atoms with Gasteiger partial charge in [-0.2, -0.15) is 0 Å². The number of hydrogen-bond donors (Lipinski definition) is 2. The SMILES string of the molecule is Cc1cc(F)c(CNC(=O)c2cn3c(c(O)c2=O)C(=O)N(C)[C@]2(C)COCC[C@H]32)c(F)c1. The second-order valence-electron chi connectivity index (χ2n) is 8.44. The van der Waals surface area contributed by atoms with Gasteiger partial charge in [0.05, 0.1) is 18.2 Å². The Morgan fingerprint density at radius 1 is 1.31 bits per heavy atom. The third-order valence-corrected chi connectivity index (χ3v) is 6.42. The van der Waals surface area contributed by atoms with E-state index in [1.54, 1.807) is 7.05 Å². The molecule has 0 radical (unpaired) electrons. The summed E-state index contributed by atoms with van der Waals surface area (Å²) in [7, 11) is 1.57. The lowest BCUT2D eigenvalue weighted by molar-refractivity contribution is -0.0620. The van der Waals surface area contributed by atoms with Crippen LogP contribution in [-0.4, -0.2) is 52.2 Å². The van der Waals surface area contributed by atoms with Gasteiger partial charge in [-0.05, 0) is 38.0 Å². The maximum Gasteiger partial charge on any atom is 0.274 e. The number of amides is 2. The number of aromatic nitrogens is 1. The molecule has 170 valence electrons. The van der Waals surface area contributed by atoms with Crippen LogP contribution in [-0.2, 0) is 11.3 Å². The summed E-state index contributed by atoms with van der Waals surface area (Å²) in [6.07, 6.45) is 1.72. The molecule has 3 heterocycles. The highest BCUT2D eigenvalue weighted by Gasteiger charge is 2.50. The Bertz CT molecular complexity index is 1170. The molecule has 1 aromatic carbocycles. The van der Waals surface area contributed by atoms with Crippen LogP contribution in [0.5, 0.6) is 5.75 Å². The monoisotopic (exact) mass is 447 g/mol. The minimum absolute atomic E-state index is 0.200. The number of rotatable bonds is 3. The Labute approximate surface area is 182 Å². The highest BCUT2D eigenvalue weighted by molar-refractivity contribution is 5.99. The van der Waals surface area contributed by atoms with Crippen LogP contribution in [0.1, 0.15) is 51.4 Å². The number of carbonyl (C=O) groups is 2. The summed E-state index contributed by atoms with van der Waals surface area (Å²) in [6.45, 7) is 3.53. The van der Waals surface area contributed by atoms with Gasteiger partial charge in [-0.15, -0.1) is 0 Å². The molecule has 2 N–H and O–H groups in total. The number of pyridine rings is 1. The molecule has 0 saturated carbocycles. The van der Waals surface area contributed by atoms with Gasteiger partial charge < -0.3 is 24.6 Å². The summed E-state index contributed by atoms with van der Waals surface area (Å²) in [4.78, 5) is 39.8. The molecule has 8 nitrogen and oxygen atoms in total. The molecule has 2 amide bonds. The van der Waals surface area contributed by atoms with Crippen LogP contribution < -0.4 is 10.7 Å². The van der Waals surface area contributed by atoms with Crippen molar-refractivity contribution in [3.63, 3.8) is 0 Å². The maximum absolute atomic E-state index is 14.1. The Morgan fingerprint density at radius 2 is 1.97 bits per heavy atom. The molecule has 1 aromatic heterocycles. The molecule has 2 aliphatic rings. The normalized spacial score (nSPS) is 22.3. The van der Waals surface area contributed by atoms with Crippen LogP contribution in [0.15, 0.2) is 23.1 Å². The van der Waals surface area contributed by atoms with E-state index in [9.17, 15) is 28.3 Å². The predicted octanol–water partition coefficient (Wildman–Crippen LogP) is 1.88. The third kappa shape index (κ3) is 3.26. The second-order valence-corrected chi connectivity index (χ2v) is 8.44. The van der Waals surface area contributed by atoms with Gasteiger partial charge in [-0.3, -0.25) is 14.4 Å². The molecule has 1 saturated heterocycles. The molecule has 0 unspecified atom stereocenters. The van der Waals surface area contributed by atoms with Crippen molar-refractivity contribution >= 4 is 11.8 Å². The van der Waals surface area contributed by atoms with E-state index in [-0.39, 0.29) is 23.9 Å². The second kappa shape index (κ2) is 7.70. The lowest BCUT2D eigenvalue weighted by Crippen LogP contribution is -2.62. The van der Waals surface area contributed by atoms with E-state index in [1.165, 1.54) is 22.6 Å². The zero-order chi connectivity index (χ0) is 23.4. The number of benzene rings is 1. The molecule has 2 aliphatic heterocycles. The number of aryl methyl sites for hydroxylation is 1. The number of likely N-dealkylation sites (N-methyl/N-ethyl adjacent to an activating group) is 1. The molecule has 0 bridgehead atoms. The lowest BCUT2D eigenvalue weighted by atomic mass is 9.84. The Morgan fingerprint density at radius 3 is 2.62 bits per heavy atom.